The maximum Gasteiger partial charge on any atom is 0.495 e. The molecule has 0 aliphatic heterocycles. The Labute approximate surface area is 67.0 Å². The first kappa shape index (κ1) is 11.7. The van der Waals surface area contributed by atoms with E-state index in [1.54, 1.807) is 0 Å². The van der Waals surface area contributed by atoms with E-state index in [0.29, 0.717) is 7.11 Å². The van der Waals surface area contributed by atoms with Crippen LogP contribution >= 0.6 is 0 Å². The normalized spacial score (nSPS) is 14.7. The SMILES string of the molecule is COS(=O)(=O)C(F)(F)S(=O)(=O)O. The number of alkyl halides is 2. The highest BCUT2D eigenvalue weighted by Gasteiger charge is 2.58. The van der Waals surface area contributed by atoms with Gasteiger partial charge in [0.1, 0.15) is 0 Å². The van der Waals surface area contributed by atoms with E-state index in [-0.39, 0.29) is 0 Å². The number of hydrogen-bond donors (Lipinski definition) is 1. The second-order valence-electron chi connectivity index (χ2n) is 1.56. The summed E-state index contributed by atoms with van der Waals surface area (Å²) in [6, 6.07) is 0. The predicted molar refractivity (Wildman–Crippen MR) is 32.4 cm³/mol. The van der Waals surface area contributed by atoms with Crippen LogP contribution in [0.25, 0.3) is 0 Å². The molecule has 0 aromatic rings. The Hall–Kier alpha value is -0.320. The van der Waals surface area contributed by atoms with Crippen molar-refractivity contribution in [2.24, 2.45) is 0 Å². The van der Waals surface area contributed by atoms with Gasteiger partial charge in [-0.1, -0.05) is 0 Å². The van der Waals surface area contributed by atoms with Crippen LogP contribution in [0.2, 0.25) is 0 Å². The van der Waals surface area contributed by atoms with Gasteiger partial charge in [-0.2, -0.15) is 25.6 Å². The average Bonchev–Trinajstić information content (AvgIpc) is 1.85. The van der Waals surface area contributed by atoms with Gasteiger partial charge in [0.2, 0.25) is 0 Å². The van der Waals surface area contributed by atoms with Gasteiger partial charge in [0, 0.05) is 0 Å². The molecule has 0 bridgehead atoms. The summed E-state index contributed by atoms with van der Waals surface area (Å²) in [5, 5.41) is 0. The van der Waals surface area contributed by atoms with Crippen LogP contribution < -0.4 is 0 Å². The first-order valence-corrected chi connectivity index (χ1v) is 5.06. The lowest BCUT2D eigenvalue weighted by molar-refractivity contribution is 0.148. The minimum atomic E-state index is -6.02. The molecule has 0 heterocycles. The first-order valence-electron chi connectivity index (χ1n) is 2.21. The molecule has 0 aromatic carbocycles. The number of hydrogen-bond acceptors (Lipinski definition) is 5. The fourth-order valence-electron chi connectivity index (χ4n) is 0.226. The molecule has 0 fully saturated rings. The Balaban J connectivity index is 5.46. The molecule has 0 rings (SSSR count). The Morgan fingerprint density at radius 1 is 1.25 bits per heavy atom. The number of rotatable bonds is 3. The van der Waals surface area contributed by atoms with E-state index in [2.05, 4.69) is 4.18 Å². The molecule has 0 unspecified atom stereocenters. The van der Waals surface area contributed by atoms with Crippen LogP contribution in [0.3, 0.4) is 0 Å². The predicted octanol–water partition coefficient (Wildman–Crippen LogP) is -0.599. The molecule has 1 N–H and O–H groups in total. The number of halogens is 2. The summed E-state index contributed by atoms with van der Waals surface area (Å²) in [4.78, 5) is 0. The van der Waals surface area contributed by atoms with Gasteiger partial charge < -0.3 is 0 Å². The third-order valence-electron chi connectivity index (χ3n) is 0.811. The molecule has 0 aliphatic rings. The van der Waals surface area contributed by atoms with E-state index in [1.807, 2.05) is 0 Å². The molecule has 0 aromatic heterocycles. The second kappa shape index (κ2) is 2.87. The molecular formula is C2H4F2O6S2. The van der Waals surface area contributed by atoms with Gasteiger partial charge in [0.05, 0.1) is 7.11 Å². The van der Waals surface area contributed by atoms with Gasteiger partial charge in [-0.25, -0.2) is 0 Å². The van der Waals surface area contributed by atoms with Gasteiger partial charge in [-0.05, 0) is 0 Å². The minimum Gasteiger partial charge on any atom is -0.280 e. The molecular weight excluding hydrogens is 222 g/mol. The van der Waals surface area contributed by atoms with Crippen molar-refractivity contribution in [3.63, 3.8) is 0 Å². The summed E-state index contributed by atoms with van der Waals surface area (Å²) in [7, 11) is -11.3. The van der Waals surface area contributed by atoms with Gasteiger partial charge in [-0.15, -0.1) is 0 Å². The summed E-state index contributed by atoms with van der Waals surface area (Å²) in [6.45, 7) is 0. The molecule has 0 spiro atoms. The lowest BCUT2D eigenvalue weighted by Crippen LogP contribution is -2.37. The van der Waals surface area contributed by atoms with Gasteiger partial charge in [-0.3, -0.25) is 8.74 Å². The third kappa shape index (κ3) is 1.71. The van der Waals surface area contributed by atoms with E-state index in [1.165, 1.54) is 0 Å². The molecule has 6 nitrogen and oxygen atoms in total. The van der Waals surface area contributed by atoms with Crippen LogP contribution in [0.4, 0.5) is 8.78 Å². The van der Waals surface area contributed by atoms with Gasteiger partial charge >= 0.3 is 24.8 Å². The molecule has 12 heavy (non-hydrogen) atoms. The first-order chi connectivity index (χ1) is 5.06. The van der Waals surface area contributed by atoms with Crippen molar-refractivity contribution >= 4 is 20.2 Å². The highest BCUT2D eigenvalue weighted by atomic mass is 32.3. The summed E-state index contributed by atoms with van der Waals surface area (Å²) in [6.07, 6.45) is 0. The van der Waals surface area contributed by atoms with Crippen molar-refractivity contribution < 1.29 is 34.4 Å². The summed E-state index contributed by atoms with van der Waals surface area (Å²) in [5.41, 5.74) is 0. The maximum atomic E-state index is 12.2. The van der Waals surface area contributed by atoms with E-state index in [9.17, 15) is 25.6 Å². The van der Waals surface area contributed by atoms with Gasteiger partial charge in [0.15, 0.2) is 0 Å². The molecule has 0 radical (unpaired) electrons. The van der Waals surface area contributed by atoms with Crippen LogP contribution in [-0.2, 0) is 24.4 Å². The maximum absolute atomic E-state index is 12.2. The Morgan fingerprint density at radius 3 is 1.67 bits per heavy atom. The van der Waals surface area contributed by atoms with Gasteiger partial charge in [0.25, 0.3) is 0 Å². The van der Waals surface area contributed by atoms with Crippen LogP contribution in [0.5, 0.6) is 0 Å². The van der Waals surface area contributed by atoms with Crippen molar-refractivity contribution in [1.29, 1.82) is 0 Å². The second-order valence-corrected chi connectivity index (χ2v) is 5.03. The van der Waals surface area contributed by atoms with Crippen LogP contribution in [0.1, 0.15) is 0 Å². The topological polar surface area (TPSA) is 97.7 Å². The summed E-state index contributed by atoms with van der Waals surface area (Å²) < 4.78 is 69.9. The van der Waals surface area contributed by atoms with E-state index >= 15 is 0 Å². The Kier molecular flexibility index (Phi) is 2.79. The zero-order valence-corrected chi connectivity index (χ0v) is 7.19. The highest BCUT2D eigenvalue weighted by Crippen LogP contribution is 2.28. The lowest BCUT2D eigenvalue weighted by atomic mass is 11.6. The standard InChI is InChI=1S/C2H4F2O6S2/c1-10-12(8,9)2(3,4)11(5,6)7/h1H3,(H,5,6,7). The fraction of sp³-hybridized carbons (Fsp3) is 1.00. The Morgan fingerprint density at radius 2 is 1.58 bits per heavy atom. The molecule has 0 atom stereocenters. The van der Waals surface area contributed by atoms with Crippen LogP contribution in [0.15, 0.2) is 0 Å². The summed E-state index contributed by atoms with van der Waals surface area (Å²) in [5.74, 6) is 0. The molecule has 74 valence electrons. The van der Waals surface area contributed by atoms with Crippen LogP contribution in [-0.4, -0.2) is 33.1 Å². The Bertz CT molecular complexity index is 351. The van der Waals surface area contributed by atoms with E-state index in [0.717, 1.165) is 0 Å². The lowest BCUT2D eigenvalue weighted by Gasteiger charge is -2.10. The van der Waals surface area contributed by atoms with Crippen molar-refractivity contribution in [1.82, 2.24) is 0 Å². The molecule has 0 amide bonds. The van der Waals surface area contributed by atoms with Crippen molar-refractivity contribution in [2.75, 3.05) is 7.11 Å². The highest BCUT2D eigenvalue weighted by molar-refractivity contribution is 8.05. The average molecular weight is 226 g/mol. The zero-order chi connectivity index (χ0) is 10.2. The molecule has 0 saturated carbocycles. The molecule has 0 saturated heterocycles. The smallest absolute Gasteiger partial charge is 0.280 e. The van der Waals surface area contributed by atoms with Crippen molar-refractivity contribution in [3.05, 3.63) is 0 Å². The fourth-order valence-corrected chi connectivity index (χ4v) is 1.66. The summed E-state index contributed by atoms with van der Waals surface area (Å²) >= 11 is 0. The van der Waals surface area contributed by atoms with Crippen LogP contribution in [0, 0.1) is 0 Å². The molecule has 0 aliphatic carbocycles. The quantitative estimate of drug-likeness (QED) is 0.509. The van der Waals surface area contributed by atoms with E-state index < -0.39 is 24.8 Å². The monoisotopic (exact) mass is 226 g/mol. The van der Waals surface area contributed by atoms with E-state index in [4.69, 9.17) is 4.55 Å². The third-order valence-corrected chi connectivity index (χ3v) is 3.68. The minimum absolute atomic E-state index is 0.342. The zero-order valence-electron chi connectivity index (χ0n) is 5.56. The molecule has 10 heteroatoms. The van der Waals surface area contributed by atoms with Crippen molar-refractivity contribution in [2.45, 2.75) is 4.59 Å². The largest absolute Gasteiger partial charge is 0.495 e. The van der Waals surface area contributed by atoms with Crippen molar-refractivity contribution in [3.8, 4) is 0 Å².